The fourth-order valence-corrected chi connectivity index (χ4v) is 2.83. The van der Waals surface area contributed by atoms with E-state index in [1.165, 1.54) is 0 Å². The number of aromatic nitrogens is 2. The molecule has 0 aromatic carbocycles. The van der Waals surface area contributed by atoms with Gasteiger partial charge in [0.15, 0.2) is 5.13 Å². The zero-order valence-electron chi connectivity index (χ0n) is 8.90. The number of halogens is 1. The number of hydrogen-bond donors (Lipinski definition) is 1. The molecule has 3 nitrogen and oxygen atoms in total. The van der Waals surface area contributed by atoms with Crippen molar-refractivity contribution in [1.29, 1.82) is 0 Å². The molecule has 2 rings (SSSR count). The second-order valence-corrected chi connectivity index (χ2v) is 5.63. The molecule has 0 fully saturated rings. The first kappa shape index (κ1) is 11.5. The Kier molecular flexibility index (Phi) is 3.90. The minimum atomic E-state index is 0.912. The molecule has 0 aliphatic rings. The number of anilines is 1. The highest BCUT2D eigenvalue weighted by Gasteiger charge is 2.07. The molecule has 16 heavy (non-hydrogen) atoms. The van der Waals surface area contributed by atoms with E-state index >= 15 is 0 Å². The van der Waals surface area contributed by atoms with E-state index in [9.17, 15) is 0 Å². The van der Waals surface area contributed by atoms with Gasteiger partial charge in [0.2, 0.25) is 0 Å². The number of nitrogens with zero attached hydrogens (tertiary/aromatic N) is 2. The summed E-state index contributed by atoms with van der Waals surface area (Å²) in [5.41, 5.74) is 2.20. The smallest absolute Gasteiger partial charge is 0.183 e. The molecule has 2 aromatic rings. The van der Waals surface area contributed by atoms with E-state index in [1.54, 1.807) is 11.3 Å². The van der Waals surface area contributed by atoms with Crippen LogP contribution in [0.2, 0.25) is 0 Å². The van der Waals surface area contributed by atoms with Crippen LogP contribution in [0.5, 0.6) is 0 Å². The van der Waals surface area contributed by atoms with E-state index in [0.29, 0.717) is 0 Å². The third-order valence-corrected chi connectivity index (χ3v) is 4.05. The predicted molar refractivity (Wildman–Crippen MR) is 71.0 cm³/mol. The van der Waals surface area contributed by atoms with Gasteiger partial charge < -0.3 is 5.32 Å². The molecule has 0 unspecified atom stereocenters. The second kappa shape index (κ2) is 5.41. The number of nitrogens with one attached hydrogen (secondary N) is 1. The van der Waals surface area contributed by atoms with Crippen LogP contribution in [0.4, 0.5) is 5.13 Å². The average molecular weight is 298 g/mol. The van der Waals surface area contributed by atoms with Crippen LogP contribution in [0.3, 0.4) is 0 Å². The van der Waals surface area contributed by atoms with Gasteiger partial charge >= 0.3 is 0 Å². The number of pyridine rings is 1. The van der Waals surface area contributed by atoms with E-state index in [4.69, 9.17) is 0 Å². The summed E-state index contributed by atoms with van der Waals surface area (Å²) < 4.78 is 1.10. The van der Waals surface area contributed by atoms with E-state index in [0.717, 1.165) is 33.1 Å². The molecule has 2 heterocycles. The minimum Gasteiger partial charge on any atom is -0.365 e. The molecule has 0 atom stereocenters. The van der Waals surface area contributed by atoms with Crippen molar-refractivity contribution in [3.05, 3.63) is 39.6 Å². The van der Waals surface area contributed by atoms with Gasteiger partial charge in [-0.1, -0.05) is 17.4 Å². The Morgan fingerprint density at radius 1 is 1.38 bits per heavy atom. The summed E-state index contributed by atoms with van der Waals surface area (Å²) in [6.07, 6.45) is 3.66. The van der Waals surface area contributed by atoms with Gasteiger partial charge in [-0.15, -0.1) is 0 Å². The first-order valence-corrected chi connectivity index (χ1v) is 6.63. The summed E-state index contributed by atoms with van der Waals surface area (Å²) in [5, 5.41) is 4.00. The highest BCUT2D eigenvalue weighted by atomic mass is 79.9. The molecule has 0 aliphatic carbocycles. The molecule has 0 radical (unpaired) electrons. The third-order valence-electron chi connectivity index (χ3n) is 2.21. The maximum Gasteiger partial charge on any atom is 0.183 e. The highest BCUT2D eigenvalue weighted by molar-refractivity contribution is 9.11. The van der Waals surface area contributed by atoms with Crippen molar-refractivity contribution in [3.63, 3.8) is 0 Å². The number of thiazole rings is 1. The van der Waals surface area contributed by atoms with E-state index in [1.807, 2.05) is 31.4 Å². The van der Waals surface area contributed by atoms with Gasteiger partial charge in [0.1, 0.15) is 0 Å². The monoisotopic (exact) mass is 297 g/mol. The lowest BCUT2D eigenvalue weighted by molar-refractivity contribution is 0.885. The molecule has 0 amide bonds. The molecule has 2 aromatic heterocycles. The maximum atomic E-state index is 4.48. The largest absolute Gasteiger partial charge is 0.365 e. The van der Waals surface area contributed by atoms with Crippen LogP contribution in [0.1, 0.15) is 11.4 Å². The Morgan fingerprint density at radius 2 is 2.25 bits per heavy atom. The average Bonchev–Trinajstić information content (AvgIpc) is 2.69. The third kappa shape index (κ3) is 2.80. The fraction of sp³-hybridized carbons (Fsp3) is 0.273. The Labute approximate surface area is 107 Å². The van der Waals surface area contributed by atoms with Crippen molar-refractivity contribution < 1.29 is 0 Å². The Hall–Kier alpha value is -0.940. The van der Waals surface area contributed by atoms with E-state index < -0.39 is 0 Å². The zero-order chi connectivity index (χ0) is 11.4. The fourth-order valence-electron chi connectivity index (χ4n) is 1.39. The van der Waals surface area contributed by atoms with Gasteiger partial charge in [-0.05, 0) is 40.9 Å². The van der Waals surface area contributed by atoms with Gasteiger partial charge in [0.25, 0.3) is 0 Å². The van der Waals surface area contributed by atoms with Gasteiger partial charge in [-0.2, -0.15) is 0 Å². The molecule has 0 spiro atoms. The van der Waals surface area contributed by atoms with Crippen LogP contribution in [-0.2, 0) is 12.8 Å². The first-order chi connectivity index (χ1) is 7.79. The Morgan fingerprint density at radius 3 is 2.88 bits per heavy atom. The first-order valence-electron chi connectivity index (χ1n) is 5.02. The molecule has 84 valence electrons. The lowest BCUT2D eigenvalue weighted by atomic mass is 10.2. The van der Waals surface area contributed by atoms with E-state index in [2.05, 4.69) is 31.2 Å². The molecule has 0 saturated carbocycles. The highest BCUT2D eigenvalue weighted by Crippen LogP contribution is 2.28. The summed E-state index contributed by atoms with van der Waals surface area (Å²) in [7, 11) is 1.88. The second-order valence-electron chi connectivity index (χ2n) is 3.31. The molecule has 0 aliphatic heterocycles. The van der Waals surface area contributed by atoms with Gasteiger partial charge in [0.05, 0.1) is 9.48 Å². The van der Waals surface area contributed by atoms with E-state index in [-0.39, 0.29) is 0 Å². The summed E-state index contributed by atoms with van der Waals surface area (Å²) in [6, 6.07) is 5.98. The lowest BCUT2D eigenvalue weighted by Crippen LogP contribution is -1.95. The Bertz CT molecular complexity index is 456. The van der Waals surface area contributed by atoms with Gasteiger partial charge in [0, 0.05) is 18.9 Å². The van der Waals surface area contributed by atoms with Gasteiger partial charge in [-0.25, -0.2) is 4.98 Å². The normalized spacial score (nSPS) is 10.4. The number of aryl methyl sites for hydroxylation is 2. The van der Waals surface area contributed by atoms with Crippen LogP contribution in [0.25, 0.3) is 0 Å². The van der Waals surface area contributed by atoms with Crippen LogP contribution in [0.15, 0.2) is 28.2 Å². The van der Waals surface area contributed by atoms with Crippen molar-refractivity contribution >= 4 is 32.4 Å². The van der Waals surface area contributed by atoms with Crippen LogP contribution < -0.4 is 5.32 Å². The summed E-state index contributed by atoms with van der Waals surface area (Å²) >= 11 is 5.15. The zero-order valence-corrected chi connectivity index (χ0v) is 11.3. The SMILES string of the molecule is CNc1nc(CCc2ccccn2)c(Br)s1. The number of hydrogen-bond acceptors (Lipinski definition) is 4. The summed E-state index contributed by atoms with van der Waals surface area (Å²) in [4.78, 5) is 8.77. The Balaban J connectivity index is 2.02. The van der Waals surface area contributed by atoms with Crippen molar-refractivity contribution in [2.75, 3.05) is 12.4 Å². The molecular weight excluding hydrogens is 286 g/mol. The quantitative estimate of drug-likeness (QED) is 0.942. The molecule has 5 heteroatoms. The lowest BCUT2D eigenvalue weighted by Gasteiger charge is -1.98. The molecule has 0 bridgehead atoms. The number of rotatable bonds is 4. The summed E-state index contributed by atoms with van der Waals surface area (Å²) in [5.74, 6) is 0. The summed E-state index contributed by atoms with van der Waals surface area (Å²) in [6.45, 7) is 0. The van der Waals surface area contributed by atoms with Crippen LogP contribution in [-0.4, -0.2) is 17.0 Å². The molecule has 1 N–H and O–H groups in total. The molecule has 0 saturated heterocycles. The van der Waals surface area contributed by atoms with Crippen molar-refractivity contribution in [2.24, 2.45) is 0 Å². The predicted octanol–water partition coefficient (Wildman–Crippen LogP) is 3.13. The maximum absolute atomic E-state index is 4.48. The van der Waals surface area contributed by atoms with Crippen molar-refractivity contribution in [2.45, 2.75) is 12.8 Å². The molecular formula is C11H12BrN3S. The standard InChI is InChI=1S/C11H12BrN3S/c1-13-11-15-9(10(12)16-11)6-5-8-4-2-3-7-14-8/h2-4,7H,5-6H2,1H3,(H,13,15). The topological polar surface area (TPSA) is 37.8 Å². The van der Waals surface area contributed by atoms with Crippen molar-refractivity contribution in [1.82, 2.24) is 9.97 Å². The van der Waals surface area contributed by atoms with Gasteiger partial charge in [-0.3, -0.25) is 4.98 Å². The minimum absolute atomic E-state index is 0.912. The van der Waals surface area contributed by atoms with Crippen LogP contribution >= 0.6 is 27.3 Å². The van der Waals surface area contributed by atoms with Crippen LogP contribution in [0, 0.1) is 0 Å². The van der Waals surface area contributed by atoms with Crippen molar-refractivity contribution in [3.8, 4) is 0 Å².